The van der Waals surface area contributed by atoms with Gasteiger partial charge in [0.25, 0.3) is 0 Å². The minimum absolute atomic E-state index is 0.0209. The largest absolute Gasteiger partial charge is 0.381 e. The average Bonchev–Trinajstić information content (AvgIpc) is 2.43. The lowest BCUT2D eigenvalue weighted by Crippen LogP contribution is -2.11. The number of nitriles is 1. The molecule has 1 heterocycles. The molecule has 0 spiro atoms. The fraction of sp³-hybridized carbons (Fsp3) is 0.312. The lowest BCUT2D eigenvalue weighted by Gasteiger charge is -2.27. The summed E-state index contributed by atoms with van der Waals surface area (Å²) in [7, 11) is 0. The lowest BCUT2D eigenvalue weighted by molar-refractivity contribution is 0.416. The molecule has 106 valence electrons. The van der Waals surface area contributed by atoms with E-state index in [0.717, 1.165) is 18.4 Å². The van der Waals surface area contributed by atoms with Gasteiger partial charge in [0.15, 0.2) is 11.5 Å². The van der Waals surface area contributed by atoms with E-state index in [4.69, 9.17) is 11.0 Å². The zero-order valence-corrected chi connectivity index (χ0v) is 11.7. The Kier molecular flexibility index (Phi) is 3.30. The molecule has 0 radical (unpaired) electrons. The number of rotatable bonds is 2. The van der Waals surface area contributed by atoms with E-state index in [9.17, 15) is 4.39 Å². The van der Waals surface area contributed by atoms with E-state index in [1.165, 1.54) is 12.6 Å². The highest BCUT2D eigenvalue weighted by molar-refractivity contribution is 5.63. The van der Waals surface area contributed by atoms with Crippen LogP contribution in [-0.2, 0) is 0 Å². The molecule has 1 aromatic carbocycles. The molecule has 0 saturated heterocycles. The fourth-order valence-corrected chi connectivity index (χ4v) is 2.67. The number of hydrogen-bond donors (Lipinski definition) is 1. The molecular formula is C16H15FN4. The third-order valence-corrected chi connectivity index (χ3v) is 4.16. The number of nitrogen functional groups attached to an aromatic ring is 1. The van der Waals surface area contributed by atoms with Crippen LogP contribution in [-0.4, -0.2) is 9.97 Å². The van der Waals surface area contributed by atoms with E-state index < -0.39 is 0 Å². The van der Waals surface area contributed by atoms with Crippen LogP contribution in [0.2, 0.25) is 0 Å². The molecule has 3 rings (SSSR count). The second-order valence-electron chi connectivity index (χ2n) is 5.37. The maximum Gasteiger partial charge on any atom is 0.183 e. The number of nitrogens with zero attached hydrogens (tertiary/aromatic N) is 3. The van der Waals surface area contributed by atoms with E-state index in [1.807, 2.05) is 12.1 Å². The van der Waals surface area contributed by atoms with Crippen molar-refractivity contribution in [2.75, 3.05) is 5.73 Å². The summed E-state index contributed by atoms with van der Waals surface area (Å²) in [6.07, 6.45) is 4.86. The molecule has 1 fully saturated rings. The van der Waals surface area contributed by atoms with Gasteiger partial charge in [-0.1, -0.05) is 12.5 Å². The number of hydrogen-bond acceptors (Lipinski definition) is 4. The lowest BCUT2D eigenvalue weighted by atomic mass is 9.78. The molecule has 1 aromatic heterocycles. The van der Waals surface area contributed by atoms with Crippen molar-refractivity contribution in [3.63, 3.8) is 0 Å². The first-order chi connectivity index (χ1) is 10.1. The molecule has 0 amide bonds. The third kappa shape index (κ3) is 2.23. The van der Waals surface area contributed by atoms with E-state index in [-0.39, 0.29) is 17.3 Å². The maximum absolute atomic E-state index is 14.6. The molecule has 2 aromatic rings. The summed E-state index contributed by atoms with van der Waals surface area (Å²) in [5, 5.41) is 8.94. The van der Waals surface area contributed by atoms with Crippen LogP contribution >= 0.6 is 0 Å². The van der Waals surface area contributed by atoms with Gasteiger partial charge in [-0.2, -0.15) is 5.26 Å². The van der Waals surface area contributed by atoms with Gasteiger partial charge in [-0.25, -0.2) is 14.4 Å². The number of anilines is 1. The highest BCUT2D eigenvalue weighted by Gasteiger charge is 2.24. The van der Waals surface area contributed by atoms with Gasteiger partial charge in [-0.3, -0.25) is 0 Å². The topological polar surface area (TPSA) is 75.6 Å². The zero-order chi connectivity index (χ0) is 15.0. The number of aromatic nitrogens is 2. The quantitative estimate of drug-likeness (QED) is 0.916. The van der Waals surface area contributed by atoms with Gasteiger partial charge in [-0.15, -0.1) is 0 Å². The van der Waals surface area contributed by atoms with Crippen molar-refractivity contribution in [2.45, 2.75) is 32.1 Å². The second-order valence-corrected chi connectivity index (χ2v) is 5.37. The Balaban J connectivity index is 2.07. The molecular weight excluding hydrogens is 267 g/mol. The number of nitrogens with two attached hydrogens (primary N) is 1. The molecule has 21 heavy (non-hydrogen) atoms. The van der Waals surface area contributed by atoms with Crippen molar-refractivity contribution in [3.8, 4) is 17.3 Å². The standard InChI is InChI=1S/C16H15FN4/c1-9-11(10-3-2-4-10)5-6-12(15(9)17)14-8-20-16(19)13(7-18)21-14/h5-6,8,10H,2-4H2,1H3,(H2,19,20). The van der Waals surface area contributed by atoms with Gasteiger partial charge in [0.2, 0.25) is 0 Å². The molecule has 0 bridgehead atoms. The van der Waals surface area contributed by atoms with Crippen LogP contribution in [0.5, 0.6) is 0 Å². The summed E-state index contributed by atoms with van der Waals surface area (Å²) >= 11 is 0. The first kappa shape index (κ1) is 13.5. The SMILES string of the molecule is Cc1c(C2CCC2)ccc(-c2cnc(N)c(C#N)n2)c1F. The Morgan fingerprint density at radius 1 is 1.38 bits per heavy atom. The molecule has 4 nitrogen and oxygen atoms in total. The Morgan fingerprint density at radius 3 is 2.76 bits per heavy atom. The Bertz CT molecular complexity index is 745. The fourth-order valence-electron chi connectivity index (χ4n) is 2.67. The number of benzene rings is 1. The van der Waals surface area contributed by atoms with Gasteiger partial charge < -0.3 is 5.73 Å². The van der Waals surface area contributed by atoms with E-state index in [0.29, 0.717) is 22.7 Å². The Labute approximate surface area is 122 Å². The van der Waals surface area contributed by atoms with Crippen molar-refractivity contribution in [3.05, 3.63) is 41.0 Å². The average molecular weight is 282 g/mol. The molecule has 0 aliphatic heterocycles. The molecule has 1 aliphatic carbocycles. The van der Waals surface area contributed by atoms with Crippen molar-refractivity contribution < 1.29 is 4.39 Å². The summed E-state index contributed by atoms with van der Waals surface area (Å²) in [5.74, 6) is 0.243. The Hall–Kier alpha value is -2.48. The van der Waals surface area contributed by atoms with Gasteiger partial charge in [0.1, 0.15) is 11.9 Å². The number of halogens is 1. The first-order valence-electron chi connectivity index (χ1n) is 6.93. The summed E-state index contributed by atoms with van der Waals surface area (Å²) in [6.45, 7) is 1.79. The molecule has 1 aliphatic rings. The van der Waals surface area contributed by atoms with Crippen LogP contribution < -0.4 is 5.73 Å². The van der Waals surface area contributed by atoms with Crippen molar-refractivity contribution in [1.29, 1.82) is 5.26 Å². The van der Waals surface area contributed by atoms with Crippen molar-refractivity contribution in [2.24, 2.45) is 0 Å². The smallest absolute Gasteiger partial charge is 0.183 e. The van der Waals surface area contributed by atoms with Gasteiger partial charge >= 0.3 is 0 Å². The zero-order valence-electron chi connectivity index (χ0n) is 11.7. The minimum atomic E-state index is -0.289. The van der Waals surface area contributed by atoms with Crippen LogP contribution in [0.1, 0.15) is 42.0 Å². The summed E-state index contributed by atoms with van der Waals surface area (Å²) < 4.78 is 14.6. The predicted octanol–water partition coefficient (Wildman–Crippen LogP) is 3.31. The predicted molar refractivity (Wildman–Crippen MR) is 77.9 cm³/mol. The second kappa shape index (κ2) is 5.13. The van der Waals surface area contributed by atoms with Crippen molar-refractivity contribution >= 4 is 5.82 Å². The summed E-state index contributed by atoms with van der Waals surface area (Å²) in [6, 6.07) is 5.55. The molecule has 0 unspecified atom stereocenters. The normalized spacial score (nSPS) is 14.5. The highest BCUT2D eigenvalue weighted by atomic mass is 19.1. The molecule has 1 saturated carbocycles. The molecule has 0 atom stereocenters. The first-order valence-corrected chi connectivity index (χ1v) is 6.93. The van der Waals surface area contributed by atoms with Crippen LogP contribution in [0.25, 0.3) is 11.3 Å². The Morgan fingerprint density at radius 2 is 2.14 bits per heavy atom. The van der Waals surface area contributed by atoms with Gasteiger partial charge in [0, 0.05) is 5.56 Å². The summed E-state index contributed by atoms with van der Waals surface area (Å²) in [4.78, 5) is 7.99. The van der Waals surface area contributed by atoms with Gasteiger partial charge in [-0.05, 0) is 42.9 Å². The highest BCUT2D eigenvalue weighted by Crippen LogP contribution is 2.39. The monoisotopic (exact) mass is 282 g/mol. The summed E-state index contributed by atoms with van der Waals surface area (Å²) in [5.41, 5.74) is 8.00. The van der Waals surface area contributed by atoms with Crippen LogP contribution in [0.4, 0.5) is 10.2 Å². The maximum atomic E-state index is 14.6. The van der Waals surface area contributed by atoms with E-state index >= 15 is 0 Å². The molecule has 2 N–H and O–H groups in total. The third-order valence-electron chi connectivity index (χ3n) is 4.16. The van der Waals surface area contributed by atoms with Crippen LogP contribution in [0, 0.1) is 24.1 Å². The van der Waals surface area contributed by atoms with Crippen LogP contribution in [0.3, 0.4) is 0 Å². The van der Waals surface area contributed by atoms with Crippen LogP contribution in [0.15, 0.2) is 18.3 Å². The van der Waals surface area contributed by atoms with E-state index in [2.05, 4.69) is 9.97 Å². The van der Waals surface area contributed by atoms with Crippen molar-refractivity contribution in [1.82, 2.24) is 9.97 Å². The van der Waals surface area contributed by atoms with E-state index in [1.54, 1.807) is 13.0 Å². The molecule has 5 heteroatoms. The minimum Gasteiger partial charge on any atom is -0.381 e. The van der Waals surface area contributed by atoms with Gasteiger partial charge in [0.05, 0.1) is 11.9 Å².